The van der Waals surface area contributed by atoms with Gasteiger partial charge < -0.3 is 20.2 Å². The van der Waals surface area contributed by atoms with Crippen LogP contribution in [0.3, 0.4) is 0 Å². The first-order valence-corrected chi connectivity index (χ1v) is 7.64. The summed E-state index contributed by atoms with van der Waals surface area (Å²) in [7, 11) is 4.05. The third-order valence-electron chi connectivity index (χ3n) is 4.23. The average Bonchev–Trinajstić information content (AvgIpc) is 2.75. The third-order valence-corrected chi connectivity index (χ3v) is 5.24. The van der Waals surface area contributed by atoms with Crippen molar-refractivity contribution in [2.24, 2.45) is 0 Å². The fourth-order valence-electron chi connectivity index (χ4n) is 2.56. The van der Waals surface area contributed by atoms with Gasteiger partial charge in [0.15, 0.2) is 0 Å². The second-order valence-electron chi connectivity index (χ2n) is 5.45. The number of nitrogens with one attached hydrogen (secondary N) is 1. The van der Waals surface area contributed by atoms with Gasteiger partial charge in [0.1, 0.15) is 6.04 Å². The molecule has 0 spiro atoms. The molecule has 2 fully saturated rings. The molecule has 1 saturated heterocycles. The van der Waals surface area contributed by atoms with Crippen LogP contribution in [-0.4, -0.2) is 70.8 Å². The molecular formula is C12H21N3O3S. The van der Waals surface area contributed by atoms with Crippen LogP contribution in [0.4, 0.5) is 4.79 Å². The van der Waals surface area contributed by atoms with Gasteiger partial charge in [0.05, 0.1) is 5.88 Å². The molecule has 1 unspecified atom stereocenters. The number of aliphatic carboxylic acids is 1. The lowest BCUT2D eigenvalue weighted by molar-refractivity contribution is -0.140. The molecule has 0 aromatic heterocycles. The zero-order valence-corrected chi connectivity index (χ0v) is 12.2. The first kappa shape index (κ1) is 14.5. The van der Waals surface area contributed by atoms with Gasteiger partial charge in [-0.05, 0) is 33.4 Å². The maximum absolute atomic E-state index is 12.1. The molecule has 1 atom stereocenters. The highest BCUT2D eigenvalue weighted by molar-refractivity contribution is 7.99. The largest absolute Gasteiger partial charge is 0.480 e. The first-order valence-electron chi connectivity index (χ1n) is 6.49. The molecular weight excluding hydrogens is 266 g/mol. The van der Waals surface area contributed by atoms with E-state index in [1.165, 1.54) is 23.1 Å². The number of nitrogens with zero attached hydrogens (tertiary/aromatic N) is 2. The summed E-state index contributed by atoms with van der Waals surface area (Å²) in [5.74, 6) is 0.00501. The Kier molecular flexibility index (Phi) is 4.25. The first-order chi connectivity index (χ1) is 8.96. The molecule has 0 bridgehead atoms. The fraction of sp³-hybridized carbons (Fsp3) is 0.833. The number of hydrogen-bond donors (Lipinski definition) is 2. The molecule has 0 radical (unpaired) electrons. The Morgan fingerprint density at radius 2 is 2.16 bits per heavy atom. The van der Waals surface area contributed by atoms with Crippen LogP contribution in [0.2, 0.25) is 0 Å². The molecule has 2 N–H and O–H groups in total. The van der Waals surface area contributed by atoms with Crippen LogP contribution in [0.25, 0.3) is 0 Å². The van der Waals surface area contributed by atoms with Crippen LogP contribution in [0.5, 0.6) is 0 Å². The lowest BCUT2D eigenvalue weighted by Crippen LogP contribution is -2.59. The summed E-state index contributed by atoms with van der Waals surface area (Å²) < 4.78 is 0. The molecule has 0 aromatic rings. The van der Waals surface area contributed by atoms with Crippen molar-refractivity contribution in [3.05, 3.63) is 0 Å². The Balaban J connectivity index is 1.89. The molecule has 19 heavy (non-hydrogen) atoms. The van der Waals surface area contributed by atoms with E-state index in [-0.39, 0.29) is 11.6 Å². The van der Waals surface area contributed by atoms with Crippen LogP contribution >= 0.6 is 11.8 Å². The third kappa shape index (κ3) is 2.81. The van der Waals surface area contributed by atoms with E-state index in [2.05, 4.69) is 10.2 Å². The zero-order chi connectivity index (χ0) is 14.0. The topological polar surface area (TPSA) is 72.9 Å². The predicted octanol–water partition coefficient (Wildman–Crippen LogP) is 0.640. The van der Waals surface area contributed by atoms with Gasteiger partial charge in [-0.2, -0.15) is 0 Å². The van der Waals surface area contributed by atoms with Gasteiger partial charge in [0.25, 0.3) is 0 Å². The Morgan fingerprint density at radius 3 is 2.63 bits per heavy atom. The smallest absolute Gasteiger partial charge is 0.327 e. The molecule has 2 aliphatic rings. The lowest BCUT2D eigenvalue weighted by atomic mass is 9.75. The minimum absolute atomic E-state index is 0.0568. The number of carbonyl (C=O) groups excluding carboxylic acids is 1. The van der Waals surface area contributed by atoms with E-state index in [1.807, 2.05) is 14.1 Å². The van der Waals surface area contributed by atoms with Gasteiger partial charge in [-0.25, -0.2) is 9.59 Å². The summed E-state index contributed by atoms with van der Waals surface area (Å²) in [5, 5.41) is 12.0. The van der Waals surface area contributed by atoms with E-state index in [4.69, 9.17) is 5.11 Å². The molecule has 2 rings (SSSR count). The SMILES string of the molecule is CN(C)C1(CNC(=O)N2CSCC2C(=O)O)CCC1. The van der Waals surface area contributed by atoms with Crippen molar-refractivity contribution in [3.8, 4) is 0 Å². The van der Waals surface area contributed by atoms with E-state index in [1.54, 1.807) is 0 Å². The van der Waals surface area contributed by atoms with Crippen LogP contribution in [0.15, 0.2) is 0 Å². The Labute approximate surface area is 117 Å². The molecule has 108 valence electrons. The maximum Gasteiger partial charge on any atom is 0.327 e. The minimum atomic E-state index is -0.925. The van der Waals surface area contributed by atoms with Gasteiger partial charge in [0.2, 0.25) is 0 Å². The van der Waals surface area contributed by atoms with Crippen LogP contribution in [-0.2, 0) is 4.79 Å². The number of likely N-dealkylation sites (N-methyl/N-ethyl adjacent to an activating group) is 1. The normalized spacial score (nSPS) is 25.2. The van der Waals surface area contributed by atoms with E-state index < -0.39 is 12.0 Å². The Hall–Kier alpha value is -0.950. The number of amides is 2. The summed E-state index contributed by atoms with van der Waals surface area (Å²) in [6, 6.07) is -0.952. The van der Waals surface area contributed by atoms with Crippen molar-refractivity contribution in [1.29, 1.82) is 0 Å². The van der Waals surface area contributed by atoms with Gasteiger partial charge in [-0.3, -0.25) is 0 Å². The number of carboxylic acid groups (broad SMARTS) is 1. The molecule has 1 saturated carbocycles. The average molecular weight is 287 g/mol. The maximum atomic E-state index is 12.1. The molecule has 2 amide bonds. The lowest BCUT2D eigenvalue weighted by Gasteiger charge is -2.47. The summed E-state index contributed by atoms with van der Waals surface area (Å²) in [5.41, 5.74) is 0.0568. The van der Waals surface area contributed by atoms with Crippen LogP contribution in [0.1, 0.15) is 19.3 Å². The number of rotatable bonds is 4. The van der Waals surface area contributed by atoms with Crippen LogP contribution < -0.4 is 5.32 Å². The highest BCUT2D eigenvalue weighted by Gasteiger charge is 2.40. The summed E-state index contributed by atoms with van der Waals surface area (Å²) in [4.78, 5) is 26.7. The van der Waals surface area contributed by atoms with Crippen LogP contribution in [0, 0.1) is 0 Å². The highest BCUT2D eigenvalue weighted by atomic mass is 32.2. The number of hydrogen-bond acceptors (Lipinski definition) is 4. The minimum Gasteiger partial charge on any atom is -0.480 e. The molecule has 1 aliphatic carbocycles. The van der Waals surface area contributed by atoms with E-state index in [0.717, 1.165) is 12.8 Å². The number of urea groups is 1. The number of thioether (sulfide) groups is 1. The van der Waals surface area contributed by atoms with E-state index in [9.17, 15) is 9.59 Å². The standard InChI is InChI=1S/C12H21N3O3S/c1-14(2)12(4-3-5-12)7-13-11(18)15-8-19-6-9(15)10(16)17/h9H,3-8H2,1-2H3,(H,13,18)(H,16,17). The summed E-state index contributed by atoms with van der Waals surface area (Å²) in [6.45, 7) is 0.590. The molecule has 1 aliphatic heterocycles. The number of carbonyl (C=O) groups is 2. The summed E-state index contributed by atoms with van der Waals surface area (Å²) >= 11 is 1.48. The molecule has 7 heteroatoms. The second-order valence-corrected chi connectivity index (χ2v) is 6.45. The Bertz CT molecular complexity index is 371. The summed E-state index contributed by atoms with van der Waals surface area (Å²) in [6.07, 6.45) is 3.35. The number of carboxylic acids is 1. The fourth-order valence-corrected chi connectivity index (χ4v) is 3.70. The van der Waals surface area contributed by atoms with Gasteiger partial charge in [0, 0.05) is 17.8 Å². The highest BCUT2D eigenvalue weighted by Crippen LogP contribution is 2.35. The molecule has 6 nitrogen and oxygen atoms in total. The monoisotopic (exact) mass is 287 g/mol. The molecule has 1 heterocycles. The molecule has 0 aromatic carbocycles. The van der Waals surface area contributed by atoms with Gasteiger partial charge >= 0.3 is 12.0 Å². The van der Waals surface area contributed by atoms with Gasteiger partial charge in [-0.15, -0.1) is 11.8 Å². The quantitative estimate of drug-likeness (QED) is 0.794. The van der Waals surface area contributed by atoms with E-state index >= 15 is 0 Å². The van der Waals surface area contributed by atoms with Crippen molar-refractivity contribution >= 4 is 23.8 Å². The van der Waals surface area contributed by atoms with Crippen molar-refractivity contribution < 1.29 is 14.7 Å². The van der Waals surface area contributed by atoms with Crippen molar-refractivity contribution in [3.63, 3.8) is 0 Å². The second kappa shape index (κ2) is 5.58. The Morgan fingerprint density at radius 1 is 1.47 bits per heavy atom. The van der Waals surface area contributed by atoms with Crippen molar-refractivity contribution in [1.82, 2.24) is 15.1 Å². The zero-order valence-electron chi connectivity index (χ0n) is 11.4. The van der Waals surface area contributed by atoms with Gasteiger partial charge in [-0.1, -0.05) is 0 Å². The van der Waals surface area contributed by atoms with Crippen molar-refractivity contribution in [2.45, 2.75) is 30.8 Å². The predicted molar refractivity (Wildman–Crippen MR) is 74.3 cm³/mol. The van der Waals surface area contributed by atoms with Crippen molar-refractivity contribution in [2.75, 3.05) is 32.3 Å². The van der Waals surface area contributed by atoms with E-state index in [0.29, 0.717) is 18.2 Å².